The highest BCUT2D eigenvalue weighted by molar-refractivity contribution is 6.28. The first kappa shape index (κ1) is 18.2. The van der Waals surface area contributed by atoms with Crippen molar-refractivity contribution in [1.82, 2.24) is 24.8 Å². The van der Waals surface area contributed by atoms with Gasteiger partial charge in [0.15, 0.2) is 17.0 Å². The molecule has 10 nitrogen and oxygen atoms in total. The highest BCUT2D eigenvalue weighted by Gasteiger charge is 2.44. The molecule has 2 unspecified atom stereocenters. The molecule has 0 spiro atoms. The van der Waals surface area contributed by atoms with E-state index in [9.17, 15) is 15.0 Å². The van der Waals surface area contributed by atoms with Crippen molar-refractivity contribution in [2.75, 3.05) is 5.32 Å². The lowest BCUT2D eigenvalue weighted by Gasteiger charge is -2.18. The average molecular weight is 397 g/mol. The van der Waals surface area contributed by atoms with E-state index in [0.29, 0.717) is 23.0 Å². The van der Waals surface area contributed by atoms with Crippen LogP contribution >= 0.6 is 11.6 Å². The van der Waals surface area contributed by atoms with Gasteiger partial charge in [-0.05, 0) is 30.9 Å². The normalized spacial score (nSPS) is 28.7. The number of halogens is 1. The van der Waals surface area contributed by atoms with Gasteiger partial charge in [-0.25, -0.2) is 9.78 Å². The summed E-state index contributed by atoms with van der Waals surface area (Å²) < 4.78 is 1.63. The topological polar surface area (TPSA) is 145 Å². The maximum absolute atomic E-state index is 10.9. The number of nitrogens with one attached hydrogen (secondary N) is 2. The summed E-state index contributed by atoms with van der Waals surface area (Å²) in [5.74, 6) is 0.545. The molecule has 0 aromatic carbocycles. The van der Waals surface area contributed by atoms with Crippen LogP contribution in [0.5, 0.6) is 0 Å². The SMILES string of the molecule is O=C(O)NC1C[C@@H](n2cnc3c(NC4CCCC4)nc(Cl)nc32)[C@H](O)C1O. The zero-order chi connectivity index (χ0) is 19.1. The predicted octanol–water partition coefficient (Wildman–Crippen LogP) is 1.14. The first-order valence-electron chi connectivity index (χ1n) is 8.96. The van der Waals surface area contributed by atoms with Crippen LogP contribution in [0, 0.1) is 0 Å². The third-order valence-electron chi connectivity index (χ3n) is 5.41. The Labute approximate surface area is 159 Å². The van der Waals surface area contributed by atoms with Gasteiger partial charge in [-0.3, -0.25) is 0 Å². The summed E-state index contributed by atoms with van der Waals surface area (Å²) in [5.41, 5.74) is 0.963. The molecule has 146 valence electrons. The third-order valence-corrected chi connectivity index (χ3v) is 5.58. The second-order valence-electron chi connectivity index (χ2n) is 7.13. The van der Waals surface area contributed by atoms with Gasteiger partial charge in [-0.1, -0.05) is 12.8 Å². The van der Waals surface area contributed by atoms with Crippen molar-refractivity contribution in [3.05, 3.63) is 11.6 Å². The molecule has 2 fully saturated rings. The van der Waals surface area contributed by atoms with Gasteiger partial charge in [-0.15, -0.1) is 0 Å². The van der Waals surface area contributed by atoms with E-state index < -0.39 is 30.4 Å². The fraction of sp³-hybridized carbons (Fsp3) is 0.625. The molecule has 2 heterocycles. The van der Waals surface area contributed by atoms with Crippen LogP contribution in [0.4, 0.5) is 10.6 Å². The molecule has 11 heteroatoms. The van der Waals surface area contributed by atoms with E-state index in [1.54, 1.807) is 4.57 Å². The van der Waals surface area contributed by atoms with Gasteiger partial charge in [0.05, 0.1) is 18.4 Å². The van der Waals surface area contributed by atoms with Crippen LogP contribution in [0.15, 0.2) is 6.33 Å². The summed E-state index contributed by atoms with van der Waals surface area (Å²) in [4.78, 5) is 23.8. The summed E-state index contributed by atoms with van der Waals surface area (Å²) in [5, 5.41) is 35.1. The van der Waals surface area contributed by atoms with Gasteiger partial charge >= 0.3 is 6.09 Å². The number of carboxylic acid groups (broad SMARTS) is 1. The Bertz CT molecular complexity index is 855. The summed E-state index contributed by atoms with van der Waals surface area (Å²) in [7, 11) is 0. The number of aliphatic hydroxyl groups is 2. The zero-order valence-electron chi connectivity index (χ0n) is 14.4. The Morgan fingerprint density at radius 3 is 2.67 bits per heavy atom. The van der Waals surface area contributed by atoms with Gasteiger partial charge < -0.3 is 30.5 Å². The maximum atomic E-state index is 10.9. The second kappa shape index (κ2) is 7.10. The first-order chi connectivity index (χ1) is 12.9. The van der Waals surface area contributed by atoms with Crippen LogP contribution in [0.2, 0.25) is 5.28 Å². The van der Waals surface area contributed by atoms with E-state index in [1.165, 1.54) is 6.33 Å². The largest absolute Gasteiger partial charge is 0.465 e. The molecule has 0 bridgehead atoms. The van der Waals surface area contributed by atoms with Crippen molar-refractivity contribution >= 4 is 34.7 Å². The lowest BCUT2D eigenvalue weighted by molar-refractivity contribution is 0.0146. The molecule has 5 N–H and O–H groups in total. The molecule has 0 saturated heterocycles. The number of amides is 1. The van der Waals surface area contributed by atoms with E-state index in [1.807, 2.05) is 0 Å². The Balaban J connectivity index is 1.66. The zero-order valence-corrected chi connectivity index (χ0v) is 15.2. The van der Waals surface area contributed by atoms with Gasteiger partial charge in [0.25, 0.3) is 0 Å². The highest BCUT2D eigenvalue weighted by atomic mass is 35.5. The maximum Gasteiger partial charge on any atom is 0.404 e. The van der Waals surface area contributed by atoms with Crippen molar-refractivity contribution in [1.29, 1.82) is 0 Å². The summed E-state index contributed by atoms with van der Waals surface area (Å²) in [6, 6.07) is -1.06. The highest BCUT2D eigenvalue weighted by Crippen LogP contribution is 2.34. The number of rotatable bonds is 4. The quantitative estimate of drug-likeness (QED) is 0.483. The fourth-order valence-electron chi connectivity index (χ4n) is 4.08. The number of anilines is 1. The Morgan fingerprint density at radius 2 is 1.96 bits per heavy atom. The monoisotopic (exact) mass is 396 g/mol. The molecule has 2 aromatic rings. The van der Waals surface area contributed by atoms with Crippen molar-refractivity contribution in [2.45, 2.75) is 62.4 Å². The fourth-order valence-corrected chi connectivity index (χ4v) is 4.25. The van der Waals surface area contributed by atoms with Crippen LogP contribution in [0.25, 0.3) is 11.2 Å². The van der Waals surface area contributed by atoms with Gasteiger partial charge in [0, 0.05) is 6.04 Å². The summed E-state index contributed by atoms with van der Waals surface area (Å²) in [6.45, 7) is 0. The number of aromatic nitrogens is 4. The molecule has 27 heavy (non-hydrogen) atoms. The molecule has 0 radical (unpaired) electrons. The standard InChI is InChI=1S/C16H21ClN6O4/c17-15-21-13(19-7-3-1-2-4-7)10-14(22-15)23(6-18-10)9-5-8(20-16(26)27)11(24)12(9)25/h6-9,11-12,20,24-25H,1-5H2,(H,26,27)(H,19,21,22)/t8?,9-,11?,12+/m1/s1. The molecule has 0 aliphatic heterocycles. The van der Waals surface area contributed by atoms with Crippen LogP contribution in [0.3, 0.4) is 0 Å². The molecule has 2 saturated carbocycles. The minimum absolute atomic E-state index is 0.0537. The van der Waals surface area contributed by atoms with Crippen LogP contribution < -0.4 is 10.6 Å². The molecular weight excluding hydrogens is 376 g/mol. The lowest BCUT2D eigenvalue weighted by Crippen LogP contribution is -2.42. The van der Waals surface area contributed by atoms with Crippen LogP contribution in [0.1, 0.15) is 38.1 Å². The summed E-state index contributed by atoms with van der Waals surface area (Å²) >= 11 is 6.10. The van der Waals surface area contributed by atoms with Crippen molar-refractivity contribution in [3.63, 3.8) is 0 Å². The second-order valence-corrected chi connectivity index (χ2v) is 7.47. The minimum atomic E-state index is -1.25. The number of fused-ring (bicyclic) bond motifs is 1. The minimum Gasteiger partial charge on any atom is -0.465 e. The van der Waals surface area contributed by atoms with Gasteiger partial charge in [0.2, 0.25) is 5.28 Å². The molecule has 2 aliphatic rings. The van der Waals surface area contributed by atoms with Crippen molar-refractivity contribution < 1.29 is 20.1 Å². The molecule has 4 atom stereocenters. The predicted molar refractivity (Wildman–Crippen MR) is 96.8 cm³/mol. The number of nitrogens with zero attached hydrogens (tertiary/aromatic N) is 4. The van der Waals surface area contributed by atoms with E-state index in [0.717, 1.165) is 25.7 Å². The van der Waals surface area contributed by atoms with E-state index in [4.69, 9.17) is 16.7 Å². The van der Waals surface area contributed by atoms with Gasteiger partial charge in [0.1, 0.15) is 12.2 Å². The number of carbonyl (C=O) groups is 1. The number of hydrogen-bond acceptors (Lipinski definition) is 7. The Kier molecular flexibility index (Phi) is 4.79. The summed E-state index contributed by atoms with van der Waals surface area (Å²) in [6.07, 6.45) is 2.51. The van der Waals surface area contributed by atoms with Crippen LogP contribution in [-0.2, 0) is 0 Å². The number of hydrogen-bond donors (Lipinski definition) is 5. The van der Waals surface area contributed by atoms with Gasteiger partial charge in [-0.2, -0.15) is 9.97 Å². The Hall–Kier alpha value is -2.17. The number of aliphatic hydroxyl groups excluding tert-OH is 2. The smallest absolute Gasteiger partial charge is 0.404 e. The Morgan fingerprint density at radius 1 is 1.22 bits per heavy atom. The van der Waals surface area contributed by atoms with E-state index in [-0.39, 0.29) is 11.7 Å². The van der Waals surface area contributed by atoms with Crippen molar-refractivity contribution in [3.8, 4) is 0 Å². The third kappa shape index (κ3) is 3.40. The number of imidazole rings is 1. The van der Waals surface area contributed by atoms with Crippen molar-refractivity contribution in [2.24, 2.45) is 0 Å². The molecule has 2 aliphatic carbocycles. The lowest BCUT2D eigenvalue weighted by atomic mass is 10.2. The van der Waals surface area contributed by atoms with E-state index >= 15 is 0 Å². The molecule has 2 aromatic heterocycles. The van der Waals surface area contributed by atoms with E-state index in [2.05, 4.69) is 25.6 Å². The first-order valence-corrected chi connectivity index (χ1v) is 9.34. The average Bonchev–Trinajstić information content (AvgIpc) is 3.31. The molecular formula is C16H21ClN6O4. The molecule has 1 amide bonds. The molecule has 4 rings (SSSR count). The van der Waals surface area contributed by atoms with Crippen LogP contribution in [-0.4, -0.2) is 65.2 Å².